The van der Waals surface area contributed by atoms with Gasteiger partial charge in [0.25, 0.3) is 0 Å². The molecule has 0 fully saturated rings. The molecule has 142 valence electrons. The second-order valence-electron chi connectivity index (χ2n) is 6.27. The molecule has 0 spiro atoms. The van der Waals surface area contributed by atoms with E-state index in [4.69, 9.17) is 0 Å². The second-order valence-corrected chi connectivity index (χ2v) is 6.27. The first-order chi connectivity index (χ1) is 11.7. The quantitative estimate of drug-likeness (QED) is 0.420. The van der Waals surface area contributed by atoms with Crippen LogP contribution in [0.15, 0.2) is 44.5 Å². The van der Waals surface area contributed by atoms with Gasteiger partial charge in [0.05, 0.1) is 11.4 Å². The third-order valence-electron chi connectivity index (χ3n) is 3.53. The summed E-state index contributed by atoms with van der Waals surface area (Å²) in [6, 6.07) is 2.50. The molecule has 0 radical (unpaired) electrons. The molecular weight excluding hydrogens is 306 g/mol. The fourth-order valence-electron chi connectivity index (χ4n) is 1.90. The molecular formula is C22H39N3. The summed E-state index contributed by atoms with van der Waals surface area (Å²) in [5.41, 5.74) is 4.78. The number of allylic oxidation sites excluding steroid dienone is 2. The van der Waals surface area contributed by atoms with Gasteiger partial charge in [0.1, 0.15) is 5.69 Å². The monoisotopic (exact) mass is 345 g/mol. The van der Waals surface area contributed by atoms with Crippen LogP contribution in [0, 0.1) is 0 Å². The largest absolute Gasteiger partial charge is 0.371 e. The molecule has 0 aliphatic heterocycles. The molecule has 1 aromatic heterocycles. The van der Waals surface area contributed by atoms with E-state index in [1.807, 2.05) is 18.7 Å². The Morgan fingerprint density at radius 1 is 1.16 bits per heavy atom. The Morgan fingerprint density at radius 2 is 1.64 bits per heavy atom. The van der Waals surface area contributed by atoms with Crippen LogP contribution in [0.5, 0.6) is 0 Å². The van der Waals surface area contributed by atoms with E-state index >= 15 is 0 Å². The van der Waals surface area contributed by atoms with Crippen molar-refractivity contribution in [3.8, 4) is 0 Å². The van der Waals surface area contributed by atoms with Crippen LogP contribution >= 0.6 is 0 Å². The summed E-state index contributed by atoms with van der Waals surface area (Å²) in [5.74, 6) is 0. The van der Waals surface area contributed by atoms with Crippen LogP contribution in [-0.2, 0) is 6.42 Å². The van der Waals surface area contributed by atoms with Gasteiger partial charge in [-0.3, -0.25) is 0 Å². The number of aryl methyl sites for hydroxylation is 1. The maximum absolute atomic E-state index is 4.67. The molecule has 25 heavy (non-hydrogen) atoms. The first-order valence-electron chi connectivity index (χ1n) is 9.07. The van der Waals surface area contributed by atoms with Crippen molar-refractivity contribution in [3.63, 3.8) is 0 Å². The van der Waals surface area contributed by atoms with Crippen LogP contribution in [0.3, 0.4) is 0 Å². The van der Waals surface area contributed by atoms with Crippen LogP contribution in [0.4, 0.5) is 0 Å². The predicted octanol–water partition coefficient (Wildman–Crippen LogP) is 6.41. The zero-order valence-corrected chi connectivity index (χ0v) is 17.7. The maximum Gasteiger partial charge on any atom is 0.108 e. The molecule has 1 aromatic rings. The molecule has 0 unspecified atom stereocenters. The van der Waals surface area contributed by atoms with E-state index in [0.29, 0.717) is 6.04 Å². The molecule has 3 heteroatoms. The van der Waals surface area contributed by atoms with Crippen LogP contribution in [0.2, 0.25) is 0 Å². The normalized spacial score (nSPS) is 9.44. The lowest BCUT2D eigenvalue weighted by Crippen LogP contribution is -2.24. The van der Waals surface area contributed by atoms with Gasteiger partial charge < -0.3 is 4.90 Å². The highest BCUT2D eigenvalue weighted by atomic mass is 15.3. The van der Waals surface area contributed by atoms with Gasteiger partial charge in [-0.15, -0.1) is 13.2 Å². The molecule has 0 saturated heterocycles. The van der Waals surface area contributed by atoms with Crippen LogP contribution in [0.25, 0.3) is 11.4 Å². The molecule has 0 aliphatic carbocycles. The molecule has 0 aliphatic rings. The van der Waals surface area contributed by atoms with Gasteiger partial charge in [0, 0.05) is 18.8 Å². The zero-order chi connectivity index (χ0) is 20.2. The van der Waals surface area contributed by atoms with E-state index in [-0.39, 0.29) is 0 Å². The Kier molecular flexibility index (Phi) is 13.4. The first-order valence-corrected chi connectivity index (χ1v) is 9.07. The molecule has 1 rings (SSSR count). The molecule has 0 atom stereocenters. The summed E-state index contributed by atoms with van der Waals surface area (Å²) in [5, 5.41) is 4.67. The topological polar surface area (TPSA) is 21.1 Å². The first kappa shape index (κ1) is 25.2. The lowest BCUT2D eigenvalue weighted by molar-refractivity contribution is 0.396. The summed E-state index contributed by atoms with van der Waals surface area (Å²) >= 11 is 0. The number of hydrogen-bond donors (Lipinski definition) is 0. The number of nitrogens with zero attached hydrogens (tertiary/aromatic N) is 3. The van der Waals surface area contributed by atoms with Crippen molar-refractivity contribution in [2.24, 2.45) is 0 Å². The van der Waals surface area contributed by atoms with E-state index in [2.05, 4.69) is 83.6 Å². The summed E-state index contributed by atoms with van der Waals surface area (Å²) in [4.78, 5) is 2.13. The summed E-state index contributed by atoms with van der Waals surface area (Å²) < 4.78 is 1.90. The Labute approximate surface area is 156 Å². The standard InChI is InChI=1S/C17H27N3.C3H8.C2H4/c1-9-10-16-11-17(15(7)19(8)13(4)5)18-20(16)14(6)12(2)3;1-3-2;1-2/h11,13H,2,6-7,9-10H2,1,3-5,8H3;3H2,1-2H3;1-2H2. The van der Waals surface area contributed by atoms with E-state index < -0.39 is 0 Å². The Balaban J connectivity index is 0. The lowest BCUT2D eigenvalue weighted by Gasteiger charge is -2.24. The minimum atomic E-state index is 0.395. The van der Waals surface area contributed by atoms with Gasteiger partial charge in [-0.1, -0.05) is 53.3 Å². The molecule has 1 heterocycles. The van der Waals surface area contributed by atoms with E-state index in [9.17, 15) is 0 Å². The molecule has 3 nitrogen and oxygen atoms in total. The van der Waals surface area contributed by atoms with Gasteiger partial charge in [-0.05, 0) is 38.8 Å². The zero-order valence-electron chi connectivity index (χ0n) is 17.7. The minimum Gasteiger partial charge on any atom is -0.371 e. The highest BCUT2D eigenvalue weighted by Gasteiger charge is 2.15. The van der Waals surface area contributed by atoms with Crippen molar-refractivity contribution in [1.82, 2.24) is 14.7 Å². The van der Waals surface area contributed by atoms with Crippen molar-refractivity contribution in [1.29, 1.82) is 0 Å². The summed E-state index contributed by atoms with van der Waals surface area (Å²) in [6.45, 7) is 30.8. The highest BCUT2D eigenvalue weighted by molar-refractivity contribution is 5.64. The molecule has 0 aromatic carbocycles. The van der Waals surface area contributed by atoms with Crippen molar-refractivity contribution in [3.05, 3.63) is 55.9 Å². The van der Waals surface area contributed by atoms with Gasteiger partial charge in [-0.25, -0.2) is 4.68 Å². The average Bonchev–Trinajstić information content (AvgIpc) is 2.99. The van der Waals surface area contributed by atoms with E-state index in [1.165, 1.54) is 6.42 Å². The Hall–Kier alpha value is -2.03. The second kappa shape index (κ2) is 13.3. The van der Waals surface area contributed by atoms with Crippen molar-refractivity contribution in [2.75, 3.05) is 7.05 Å². The van der Waals surface area contributed by atoms with E-state index in [0.717, 1.165) is 41.2 Å². The summed E-state index contributed by atoms with van der Waals surface area (Å²) in [6.07, 6.45) is 3.29. The van der Waals surface area contributed by atoms with Crippen molar-refractivity contribution >= 4 is 11.4 Å². The van der Waals surface area contributed by atoms with Gasteiger partial charge in [0.2, 0.25) is 0 Å². The number of aromatic nitrogens is 2. The Bertz CT molecular complexity index is 550. The Morgan fingerprint density at radius 3 is 2.00 bits per heavy atom. The minimum absolute atomic E-state index is 0.395. The van der Waals surface area contributed by atoms with Gasteiger partial charge in [0.15, 0.2) is 0 Å². The van der Waals surface area contributed by atoms with Crippen molar-refractivity contribution < 1.29 is 0 Å². The van der Waals surface area contributed by atoms with Crippen LogP contribution in [-0.4, -0.2) is 27.8 Å². The summed E-state index contributed by atoms with van der Waals surface area (Å²) in [7, 11) is 2.04. The third-order valence-corrected chi connectivity index (χ3v) is 3.53. The third kappa shape index (κ3) is 8.06. The fraction of sp³-hybridized carbons (Fsp3) is 0.500. The van der Waals surface area contributed by atoms with Gasteiger partial charge >= 0.3 is 0 Å². The highest BCUT2D eigenvalue weighted by Crippen LogP contribution is 2.22. The van der Waals surface area contributed by atoms with Crippen LogP contribution in [0.1, 0.15) is 65.8 Å². The number of hydrogen-bond acceptors (Lipinski definition) is 2. The van der Waals surface area contributed by atoms with Crippen LogP contribution < -0.4 is 0 Å². The van der Waals surface area contributed by atoms with E-state index in [1.54, 1.807) is 0 Å². The smallest absolute Gasteiger partial charge is 0.108 e. The molecule has 0 bridgehead atoms. The van der Waals surface area contributed by atoms with Crippen molar-refractivity contribution in [2.45, 2.75) is 66.8 Å². The fourth-order valence-corrected chi connectivity index (χ4v) is 1.90. The van der Waals surface area contributed by atoms with Gasteiger partial charge in [-0.2, -0.15) is 5.10 Å². The lowest BCUT2D eigenvalue weighted by atomic mass is 10.2. The predicted molar refractivity (Wildman–Crippen MR) is 116 cm³/mol. The molecule has 0 N–H and O–H groups in total. The molecule has 0 amide bonds. The number of rotatable bonds is 7. The average molecular weight is 346 g/mol. The maximum atomic E-state index is 4.67. The SMILES string of the molecule is C=C.C=C(C)C(=C)n1nc(C(=C)N(C)C(C)C)cc1CCC.CCC. The molecule has 0 saturated carbocycles.